The second kappa shape index (κ2) is 19.2. The summed E-state index contributed by atoms with van der Waals surface area (Å²) in [5.41, 5.74) is 7.71. The maximum atomic E-state index is 11.8. The molecule has 4 aliphatic rings. The van der Waals surface area contributed by atoms with E-state index in [2.05, 4.69) is 72.0 Å². The van der Waals surface area contributed by atoms with Crippen LogP contribution in [-0.4, -0.2) is 82.9 Å². The van der Waals surface area contributed by atoms with Gasteiger partial charge in [0.15, 0.2) is 0 Å². The van der Waals surface area contributed by atoms with Gasteiger partial charge in [0.25, 0.3) is 0 Å². The minimum atomic E-state index is -0.615. The van der Waals surface area contributed by atoms with Crippen LogP contribution < -0.4 is 11.6 Å². The summed E-state index contributed by atoms with van der Waals surface area (Å²) in [5, 5.41) is 22.0. The first kappa shape index (κ1) is 37.0. The van der Waals surface area contributed by atoms with Crippen LogP contribution in [0.4, 0.5) is 0 Å². The number of hydrogen-bond acceptors (Lipinski definition) is 7. The van der Waals surface area contributed by atoms with E-state index in [0.717, 1.165) is 96.1 Å². The molecule has 252 valence electrons. The molecule has 3 fully saturated rings. The largest absolute Gasteiger partial charge is 0.480 e. The van der Waals surface area contributed by atoms with E-state index in [1.165, 1.54) is 37.4 Å². The van der Waals surface area contributed by atoms with Crippen molar-refractivity contribution < 1.29 is 15.0 Å². The van der Waals surface area contributed by atoms with Gasteiger partial charge < -0.3 is 20.8 Å². The van der Waals surface area contributed by atoms with Crippen molar-refractivity contribution in [1.82, 2.24) is 14.8 Å². The Balaban J connectivity index is 0.000000233. The maximum absolute atomic E-state index is 11.8. The van der Waals surface area contributed by atoms with Crippen LogP contribution in [0.1, 0.15) is 102 Å². The van der Waals surface area contributed by atoms with Crippen molar-refractivity contribution in [3.05, 3.63) is 71.6 Å². The van der Waals surface area contributed by atoms with Crippen LogP contribution in [-0.2, 0) is 4.79 Å². The lowest BCUT2D eigenvalue weighted by Gasteiger charge is -2.36. The molecule has 8 heteroatoms. The molecule has 1 aromatic carbocycles. The standard InChI is InChI=1S/C18H31N3O.C18H25NO2.CH5N/c1-3-4-7-17-9-8-16(15-21(17)19)6-5-10-18(22)11-13-20(2)14-12-18;20-18(21)17(15-9-5-2-6-10-15)19-12-11-16(13-19)14-7-3-1-4-8-14;1-2/h7-9,15,22H,3-6,10-14,19H2,1-2H3;1,3-4,7-8,15-17H,2,5-6,9-13H2,(H,20,21);2H2,1H3/b17-7+;;. The van der Waals surface area contributed by atoms with Crippen LogP contribution in [0.3, 0.4) is 0 Å². The fourth-order valence-corrected chi connectivity index (χ4v) is 7.24. The zero-order valence-corrected chi connectivity index (χ0v) is 28.2. The van der Waals surface area contributed by atoms with Gasteiger partial charge in [0.05, 0.1) is 11.3 Å². The van der Waals surface area contributed by atoms with E-state index < -0.39 is 11.6 Å². The van der Waals surface area contributed by atoms with Crippen LogP contribution in [0.25, 0.3) is 0 Å². The zero-order chi connectivity index (χ0) is 32.7. The van der Waals surface area contributed by atoms with Crippen LogP contribution in [0.2, 0.25) is 0 Å². The summed E-state index contributed by atoms with van der Waals surface area (Å²) in [6.45, 7) is 5.99. The Kier molecular flexibility index (Phi) is 15.8. The Morgan fingerprint density at radius 3 is 2.36 bits per heavy atom. The van der Waals surface area contributed by atoms with Gasteiger partial charge in [-0.3, -0.25) is 14.7 Å². The molecule has 6 N–H and O–H groups in total. The third kappa shape index (κ3) is 11.7. The van der Waals surface area contributed by atoms with E-state index in [4.69, 9.17) is 5.84 Å². The topological polar surface area (TPSA) is 119 Å². The van der Waals surface area contributed by atoms with Gasteiger partial charge in [-0.25, -0.2) is 5.84 Å². The molecule has 0 spiro atoms. The highest BCUT2D eigenvalue weighted by molar-refractivity contribution is 5.74. The van der Waals surface area contributed by atoms with E-state index in [1.54, 1.807) is 5.01 Å². The summed E-state index contributed by atoms with van der Waals surface area (Å²) in [6, 6.07) is 10.3. The molecule has 2 unspecified atom stereocenters. The van der Waals surface area contributed by atoms with Crippen LogP contribution in [0.5, 0.6) is 0 Å². The highest BCUT2D eigenvalue weighted by Crippen LogP contribution is 2.35. The number of hydrazine groups is 1. The molecule has 1 aromatic rings. The third-order valence-electron chi connectivity index (χ3n) is 9.97. The zero-order valence-electron chi connectivity index (χ0n) is 28.2. The third-order valence-corrected chi connectivity index (χ3v) is 9.97. The molecule has 0 radical (unpaired) electrons. The fraction of sp³-hybridized carbons (Fsp3) is 0.649. The number of rotatable bonds is 10. The van der Waals surface area contributed by atoms with E-state index in [1.807, 2.05) is 12.3 Å². The van der Waals surface area contributed by atoms with Gasteiger partial charge in [0, 0.05) is 25.8 Å². The minimum Gasteiger partial charge on any atom is -0.480 e. The summed E-state index contributed by atoms with van der Waals surface area (Å²) >= 11 is 0. The van der Waals surface area contributed by atoms with Crippen molar-refractivity contribution in [1.29, 1.82) is 0 Å². The highest BCUT2D eigenvalue weighted by atomic mass is 16.4. The number of likely N-dealkylation sites (tertiary alicyclic amines) is 2. The van der Waals surface area contributed by atoms with Gasteiger partial charge in [-0.05, 0) is 107 Å². The molecule has 5 rings (SSSR count). The molecule has 3 aliphatic heterocycles. The smallest absolute Gasteiger partial charge is 0.321 e. The molecule has 2 saturated heterocycles. The van der Waals surface area contributed by atoms with Gasteiger partial charge in [-0.2, -0.15) is 0 Å². The Bertz CT molecular complexity index is 1090. The van der Waals surface area contributed by atoms with Crippen molar-refractivity contribution in [2.24, 2.45) is 17.5 Å². The van der Waals surface area contributed by atoms with Crippen LogP contribution in [0, 0.1) is 5.92 Å². The SMILES string of the molecule is CCC/C=C1\C=CC(CCCC2(O)CCN(C)CC2)=CN1N.CN.O=C(O)C(C1CCCCC1)N1CCC(c2ccccc2)C1. The van der Waals surface area contributed by atoms with E-state index in [-0.39, 0.29) is 6.04 Å². The van der Waals surface area contributed by atoms with E-state index >= 15 is 0 Å². The molecule has 0 aromatic heterocycles. The Morgan fingerprint density at radius 1 is 1.04 bits per heavy atom. The molecule has 3 heterocycles. The number of carboxylic acid groups (broad SMARTS) is 1. The van der Waals surface area contributed by atoms with Crippen molar-refractivity contribution in [3.63, 3.8) is 0 Å². The highest BCUT2D eigenvalue weighted by Gasteiger charge is 2.38. The summed E-state index contributed by atoms with van der Waals surface area (Å²) in [4.78, 5) is 16.3. The van der Waals surface area contributed by atoms with E-state index in [0.29, 0.717) is 11.8 Å². The second-order valence-corrected chi connectivity index (χ2v) is 13.3. The summed E-state index contributed by atoms with van der Waals surface area (Å²) in [6.07, 6.45) is 22.2. The number of benzene rings is 1. The second-order valence-electron chi connectivity index (χ2n) is 13.3. The van der Waals surface area contributed by atoms with Crippen LogP contribution >= 0.6 is 0 Å². The summed E-state index contributed by atoms with van der Waals surface area (Å²) < 4.78 is 0. The molecular weight excluding hydrogens is 562 g/mol. The lowest BCUT2D eigenvalue weighted by Crippen LogP contribution is -2.45. The number of nitrogens with two attached hydrogens (primary N) is 2. The fourth-order valence-electron chi connectivity index (χ4n) is 7.24. The first-order valence-electron chi connectivity index (χ1n) is 17.4. The summed E-state index contributed by atoms with van der Waals surface area (Å²) in [5.74, 6) is 6.28. The number of aliphatic hydroxyl groups is 1. The molecule has 45 heavy (non-hydrogen) atoms. The van der Waals surface area contributed by atoms with Gasteiger partial charge >= 0.3 is 5.97 Å². The van der Waals surface area contributed by atoms with Crippen molar-refractivity contribution in [2.45, 2.75) is 108 Å². The number of aliphatic carboxylic acids is 1. The van der Waals surface area contributed by atoms with Gasteiger partial charge in [0.2, 0.25) is 0 Å². The van der Waals surface area contributed by atoms with Crippen molar-refractivity contribution >= 4 is 5.97 Å². The van der Waals surface area contributed by atoms with Gasteiger partial charge in [-0.1, -0.05) is 75.1 Å². The molecule has 1 aliphatic carbocycles. The first-order valence-corrected chi connectivity index (χ1v) is 17.4. The lowest BCUT2D eigenvalue weighted by molar-refractivity contribution is -0.145. The Labute approximate surface area is 272 Å². The number of carboxylic acids is 1. The first-order chi connectivity index (χ1) is 21.8. The Morgan fingerprint density at radius 2 is 1.73 bits per heavy atom. The van der Waals surface area contributed by atoms with Crippen molar-refractivity contribution in [3.8, 4) is 0 Å². The molecule has 2 atom stereocenters. The quantitative estimate of drug-likeness (QED) is 0.234. The Hall–Kier alpha value is -2.49. The number of unbranched alkanes of at least 4 members (excludes halogenated alkanes) is 1. The monoisotopic (exact) mass is 623 g/mol. The number of piperidine rings is 1. The van der Waals surface area contributed by atoms with E-state index in [9.17, 15) is 15.0 Å². The number of carbonyl (C=O) groups is 1. The number of nitrogens with zero attached hydrogens (tertiary/aromatic N) is 3. The van der Waals surface area contributed by atoms with Crippen molar-refractivity contribution in [2.75, 3.05) is 40.3 Å². The minimum absolute atomic E-state index is 0.265. The number of allylic oxidation sites excluding steroid dienone is 4. The van der Waals surface area contributed by atoms with Gasteiger partial charge in [-0.15, -0.1) is 0 Å². The lowest BCUT2D eigenvalue weighted by atomic mass is 9.83. The molecular formula is C37H61N5O3. The average Bonchev–Trinajstić information content (AvgIpc) is 3.54. The van der Waals surface area contributed by atoms with Crippen LogP contribution in [0.15, 0.2) is 66.0 Å². The summed E-state index contributed by atoms with van der Waals surface area (Å²) in [7, 11) is 3.62. The predicted octanol–water partition coefficient (Wildman–Crippen LogP) is 6.01. The average molecular weight is 624 g/mol. The molecule has 0 amide bonds. The normalized spacial score (nSPS) is 23.9. The molecule has 0 bridgehead atoms. The molecule has 8 nitrogen and oxygen atoms in total. The number of hydrogen-bond donors (Lipinski definition) is 4. The maximum Gasteiger partial charge on any atom is 0.321 e. The van der Waals surface area contributed by atoms with Gasteiger partial charge in [0.1, 0.15) is 6.04 Å². The molecule has 1 saturated carbocycles. The predicted molar refractivity (Wildman–Crippen MR) is 185 cm³/mol.